The SMILES string of the molecule is COc1ccc(SCC(O)COCCC(C)(C)OCCC(C)(C)OC)cc1. The minimum Gasteiger partial charge on any atom is -0.497 e. The van der Waals surface area contributed by atoms with Crippen molar-refractivity contribution < 1.29 is 24.1 Å². The second-order valence-electron chi connectivity index (χ2n) is 7.79. The number of methoxy groups -OCH3 is 2. The van der Waals surface area contributed by atoms with Crippen molar-refractivity contribution in [2.45, 2.75) is 62.7 Å². The van der Waals surface area contributed by atoms with Gasteiger partial charge in [-0.05, 0) is 64.8 Å². The van der Waals surface area contributed by atoms with Gasteiger partial charge in [-0.3, -0.25) is 0 Å². The van der Waals surface area contributed by atoms with Crippen molar-refractivity contribution in [2.24, 2.45) is 0 Å². The van der Waals surface area contributed by atoms with Gasteiger partial charge in [0.15, 0.2) is 0 Å². The Morgan fingerprint density at radius 2 is 1.59 bits per heavy atom. The van der Waals surface area contributed by atoms with Crippen LogP contribution in [0.25, 0.3) is 0 Å². The Morgan fingerprint density at radius 1 is 0.963 bits per heavy atom. The number of ether oxygens (including phenoxy) is 4. The van der Waals surface area contributed by atoms with Crippen LogP contribution in [0.5, 0.6) is 5.75 Å². The van der Waals surface area contributed by atoms with Crippen molar-refractivity contribution >= 4 is 11.8 Å². The molecule has 0 amide bonds. The summed E-state index contributed by atoms with van der Waals surface area (Å²) in [6.45, 7) is 9.77. The van der Waals surface area contributed by atoms with Gasteiger partial charge in [0.2, 0.25) is 0 Å². The van der Waals surface area contributed by atoms with Crippen molar-refractivity contribution in [1.29, 1.82) is 0 Å². The van der Waals surface area contributed by atoms with Crippen LogP contribution in [0.15, 0.2) is 29.2 Å². The fraction of sp³-hybridized carbons (Fsp3) is 0.714. The van der Waals surface area contributed by atoms with Crippen LogP contribution in [0.4, 0.5) is 0 Å². The van der Waals surface area contributed by atoms with Crippen LogP contribution in [0, 0.1) is 0 Å². The van der Waals surface area contributed by atoms with Crippen LogP contribution >= 0.6 is 11.8 Å². The average Bonchev–Trinajstić information content (AvgIpc) is 2.63. The summed E-state index contributed by atoms with van der Waals surface area (Å²) < 4.78 is 22.1. The Bertz CT molecular complexity index is 516. The second-order valence-corrected chi connectivity index (χ2v) is 8.88. The molecule has 0 aliphatic heterocycles. The van der Waals surface area contributed by atoms with Crippen molar-refractivity contribution in [3.8, 4) is 5.75 Å². The van der Waals surface area contributed by atoms with Gasteiger partial charge in [-0.15, -0.1) is 11.8 Å². The van der Waals surface area contributed by atoms with E-state index in [2.05, 4.69) is 27.7 Å². The molecular weight excluding hydrogens is 364 g/mol. The fourth-order valence-corrected chi connectivity index (χ4v) is 3.01. The number of aliphatic hydroxyl groups is 1. The van der Waals surface area contributed by atoms with E-state index in [0.29, 0.717) is 25.6 Å². The third-order valence-electron chi connectivity index (χ3n) is 4.41. The molecule has 0 heterocycles. The molecule has 27 heavy (non-hydrogen) atoms. The van der Waals surface area contributed by atoms with Crippen LogP contribution in [-0.4, -0.2) is 62.2 Å². The molecule has 0 saturated heterocycles. The van der Waals surface area contributed by atoms with E-state index in [1.165, 1.54) is 0 Å². The molecule has 1 N–H and O–H groups in total. The van der Waals surface area contributed by atoms with Crippen LogP contribution in [0.2, 0.25) is 0 Å². The van der Waals surface area contributed by atoms with Gasteiger partial charge in [-0.1, -0.05) is 0 Å². The van der Waals surface area contributed by atoms with Crippen LogP contribution in [-0.2, 0) is 14.2 Å². The third kappa shape index (κ3) is 11.0. The summed E-state index contributed by atoms with van der Waals surface area (Å²) >= 11 is 1.60. The first-order valence-electron chi connectivity index (χ1n) is 9.39. The maximum absolute atomic E-state index is 10.1. The van der Waals surface area contributed by atoms with Gasteiger partial charge in [0.1, 0.15) is 5.75 Å². The molecule has 0 aliphatic rings. The molecule has 5 nitrogen and oxygen atoms in total. The highest BCUT2D eigenvalue weighted by molar-refractivity contribution is 7.99. The van der Waals surface area contributed by atoms with Crippen LogP contribution in [0.3, 0.4) is 0 Å². The second kappa shape index (κ2) is 11.9. The van der Waals surface area contributed by atoms with Gasteiger partial charge in [-0.25, -0.2) is 0 Å². The standard InChI is InChI=1S/C21H36O5S/c1-20(2,24-6)12-14-26-21(3,4)11-13-25-15-17(22)16-27-19-9-7-18(23-5)8-10-19/h7-10,17,22H,11-16H2,1-6H3. The lowest BCUT2D eigenvalue weighted by Gasteiger charge is -2.29. The number of thioether (sulfide) groups is 1. The van der Waals surface area contributed by atoms with E-state index in [1.807, 2.05) is 24.3 Å². The fourth-order valence-electron chi connectivity index (χ4n) is 2.20. The van der Waals surface area contributed by atoms with Crippen molar-refractivity contribution in [3.63, 3.8) is 0 Å². The maximum atomic E-state index is 10.1. The number of hydrogen-bond acceptors (Lipinski definition) is 6. The molecule has 1 aromatic rings. The summed E-state index contributed by atoms with van der Waals surface area (Å²) in [5.41, 5.74) is -0.426. The lowest BCUT2D eigenvalue weighted by atomic mass is 10.0. The number of hydrogen-bond donors (Lipinski definition) is 1. The molecule has 0 fully saturated rings. The molecular formula is C21H36O5S. The highest BCUT2D eigenvalue weighted by atomic mass is 32.2. The Balaban J connectivity index is 2.16. The Morgan fingerprint density at radius 3 is 2.19 bits per heavy atom. The highest BCUT2D eigenvalue weighted by Crippen LogP contribution is 2.22. The third-order valence-corrected chi connectivity index (χ3v) is 5.57. The lowest BCUT2D eigenvalue weighted by molar-refractivity contribution is -0.0725. The van der Waals surface area contributed by atoms with E-state index in [-0.39, 0.29) is 11.2 Å². The summed E-state index contributed by atoms with van der Waals surface area (Å²) in [5.74, 6) is 1.43. The van der Waals surface area contributed by atoms with E-state index in [0.717, 1.165) is 23.5 Å². The van der Waals surface area contributed by atoms with Gasteiger partial charge < -0.3 is 24.1 Å². The predicted molar refractivity (Wildman–Crippen MR) is 111 cm³/mol. The normalized spacial score (nSPS) is 13.6. The van der Waals surface area contributed by atoms with Crippen molar-refractivity contribution in [1.82, 2.24) is 0 Å². The molecule has 0 saturated carbocycles. The summed E-state index contributed by atoms with van der Waals surface area (Å²) in [6, 6.07) is 7.81. The smallest absolute Gasteiger partial charge is 0.118 e. The first-order chi connectivity index (χ1) is 12.7. The number of benzene rings is 1. The molecule has 1 unspecified atom stereocenters. The zero-order chi connectivity index (χ0) is 20.3. The lowest BCUT2D eigenvalue weighted by Crippen LogP contribution is -2.31. The number of rotatable bonds is 14. The zero-order valence-corrected chi connectivity index (χ0v) is 18.4. The molecule has 6 heteroatoms. The minimum atomic E-state index is -0.497. The van der Waals surface area contributed by atoms with E-state index in [4.69, 9.17) is 18.9 Å². The molecule has 0 radical (unpaired) electrons. The summed E-state index contributed by atoms with van der Waals surface area (Å²) in [4.78, 5) is 1.10. The molecule has 0 spiro atoms. The van der Waals surface area contributed by atoms with E-state index in [9.17, 15) is 5.11 Å². The molecule has 156 valence electrons. The highest BCUT2D eigenvalue weighted by Gasteiger charge is 2.22. The van der Waals surface area contributed by atoms with Crippen molar-refractivity contribution in [3.05, 3.63) is 24.3 Å². The van der Waals surface area contributed by atoms with Crippen LogP contribution in [0.1, 0.15) is 40.5 Å². The van der Waals surface area contributed by atoms with Crippen LogP contribution < -0.4 is 4.74 Å². The van der Waals surface area contributed by atoms with Gasteiger partial charge in [-0.2, -0.15) is 0 Å². The molecule has 1 atom stereocenters. The summed E-state index contributed by atoms with van der Waals surface area (Å²) in [5, 5.41) is 10.1. The first kappa shape index (κ1) is 24.2. The predicted octanol–water partition coefficient (Wildman–Crippen LogP) is 4.17. The molecule has 0 aliphatic carbocycles. The Hall–Kier alpha value is -0.790. The Kier molecular flexibility index (Phi) is 10.7. The van der Waals surface area contributed by atoms with Gasteiger partial charge >= 0.3 is 0 Å². The van der Waals surface area contributed by atoms with Gasteiger partial charge in [0.25, 0.3) is 0 Å². The largest absolute Gasteiger partial charge is 0.497 e. The summed E-state index contributed by atoms with van der Waals surface area (Å²) in [7, 11) is 3.37. The van der Waals surface area contributed by atoms with E-state index >= 15 is 0 Å². The van der Waals surface area contributed by atoms with E-state index < -0.39 is 6.10 Å². The number of aliphatic hydroxyl groups excluding tert-OH is 1. The zero-order valence-electron chi connectivity index (χ0n) is 17.6. The summed E-state index contributed by atoms with van der Waals surface area (Å²) in [6.07, 6.45) is 1.12. The quantitative estimate of drug-likeness (QED) is 0.374. The average molecular weight is 401 g/mol. The molecule has 0 aromatic heterocycles. The molecule has 1 rings (SSSR count). The van der Waals surface area contributed by atoms with Crippen molar-refractivity contribution in [2.75, 3.05) is 39.8 Å². The Labute approximate surface area is 168 Å². The first-order valence-corrected chi connectivity index (χ1v) is 10.4. The maximum Gasteiger partial charge on any atom is 0.118 e. The minimum absolute atomic E-state index is 0.168. The molecule has 1 aromatic carbocycles. The molecule has 0 bridgehead atoms. The van der Waals surface area contributed by atoms with E-state index in [1.54, 1.807) is 26.0 Å². The monoisotopic (exact) mass is 400 g/mol. The topological polar surface area (TPSA) is 57.2 Å². The van der Waals surface area contributed by atoms with Gasteiger partial charge in [0, 0.05) is 24.4 Å². The van der Waals surface area contributed by atoms with Gasteiger partial charge in [0.05, 0.1) is 37.6 Å².